The molecule has 4 N–H and O–H groups in total. The van der Waals surface area contributed by atoms with Gasteiger partial charge in [-0.15, -0.1) is 0 Å². The molecule has 2 unspecified atom stereocenters. The van der Waals surface area contributed by atoms with Gasteiger partial charge in [0.1, 0.15) is 11.0 Å². The van der Waals surface area contributed by atoms with Crippen LogP contribution in [-0.4, -0.2) is 32.9 Å². The molecule has 0 saturated carbocycles. The fourth-order valence-electron chi connectivity index (χ4n) is 2.82. The molecular weight excluding hydrogens is 266 g/mol. The lowest BCUT2D eigenvalue weighted by Crippen LogP contribution is -2.20. The van der Waals surface area contributed by atoms with Crippen molar-refractivity contribution in [2.45, 2.75) is 34.2 Å². The summed E-state index contributed by atoms with van der Waals surface area (Å²) in [5, 5.41) is 0. The van der Waals surface area contributed by atoms with Crippen LogP contribution in [0.3, 0.4) is 0 Å². The van der Waals surface area contributed by atoms with Gasteiger partial charge in [0.15, 0.2) is 0 Å². The van der Waals surface area contributed by atoms with Crippen molar-refractivity contribution >= 4 is 17.0 Å². The van der Waals surface area contributed by atoms with Gasteiger partial charge >= 0.3 is 0 Å². The first-order chi connectivity index (χ1) is 10.0. The molecule has 0 aromatic carbocycles. The molecule has 1 saturated heterocycles. The van der Waals surface area contributed by atoms with Crippen LogP contribution in [0.2, 0.25) is 0 Å². The van der Waals surface area contributed by atoms with Gasteiger partial charge in [-0.3, -0.25) is 14.7 Å². The van der Waals surface area contributed by atoms with E-state index < -0.39 is 0 Å². The Balaban J connectivity index is 0.000000774. The van der Waals surface area contributed by atoms with Crippen LogP contribution in [0.25, 0.3) is 11.0 Å². The van der Waals surface area contributed by atoms with Crippen molar-refractivity contribution in [1.82, 2.24) is 19.9 Å². The minimum absolute atomic E-state index is 0.168. The SMILES string of the molecule is CC.CC1CN(Cc2c[nH]c3c(=O)[nH]c(N)nc23)CC1C. The van der Waals surface area contributed by atoms with Gasteiger partial charge in [-0.05, 0) is 11.8 Å². The Morgan fingerprint density at radius 3 is 2.57 bits per heavy atom. The average molecular weight is 291 g/mol. The highest BCUT2D eigenvalue weighted by Gasteiger charge is 2.26. The number of H-pyrrole nitrogens is 2. The van der Waals surface area contributed by atoms with Crippen molar-refractivity contribution < 1.29 is 0 Å². The molecule has 1 aliphatic rings. The third-order valence-corrected chi connectivity index (χ3v) is 4.09. The van der Waals surface area contributed by atoms with E-state index >= 15 is 0 Å². The summed E-state index contributed by atoms with van der Waals surface area (Å²) < 4.78 is 0. The van der Waals surface area contributed by atoms with Crippen LogP contribution in [0.1, 0.15) is 33.3 Å². The van der Waals surface area contributed by atoms with E-state index in [1.54, 1.807) is 0 Å². The fourth-order valence-corrected chi connectivity index (χ4v) is 2.82. The Morgan fingerprint density at radius 2 is 1.95 bits per heavy atom. The van der Waals surface area contributed by atoms with Gasteiger partial charge in [-0.2, -0.15) is 0 Å². The number of nitrogens with one attached hydrogen (secondary N) is 2. The highest BCUT2D eigenvalue weighted by molar-refractivity contribution is 5.78. The highest BCUT2D eigenvalue weighted by Crippen LogP contribution is 2.25. The number of hydrogen-bond donors (Lipinski definition) is 3. The van der Waals surface area contributed by atoms with E-state index in [-0.39, 0.29) is 11.5 Å². The first kappa shape index (κ1) is 15.6. The Kier molecular flexibility index (Phi) is 4.67. The summed E-state index contributed by atoms with van der Waals surface area (Å²) in [6.07, 6.45) is 1.86. The standard InChI is InChI=1S/C13H19N5O.C2H6/c1-7-4-18(5-8(7)2)6-9-3-15-11-10(9)16-13(14)17-12(11)19;1-2/h3,7-8,15H,4-6H2,1-2H3,(H3,14,16,17,19);1-2H3. The zero-order valence-electron chi connectivity index (χ0n) is 13.2. The normalized spacial score (nSPS) is 22.3. The zero-order chi connectivity index (χ0) is 15.6. The molecule has 0 radical (unpaired) electrons. The van der Waals surface area contributed by atoms with Crippen molar-refractivity contribution in [3.8, 4) is 0 Å². The average Bonchev–Trinajstić information content (AvgIpc) is 2.97. The molecule has 1 fully saturated rings. The number of nitrogens with two attached hydrogens (primary N) is 1. The predicted octanol–water partition coefficient (Wildman–Crippen LogP) is 1.95. The fraction of sp³-hybridized carbons (Fsp3) is 0.600. The molecule has 21 heavy (non-hydrogen) atoms. The van der Waals surface area contributed by atoms with E-state index in [2.05, 4.69) is 33.7 Å². The maximum Gasteiger partial charge on any atom is 0.276 e. The van der Waals surface area contributed by atoms with Crippen LogP contribution in [0.15, 0.2) is 11.0 Å². The Labute approximate surface area is 124 Å². The van der Waals surface area contributed by atoms with E-state index in [0.29, 0.717) is 22.9 Å². The van der Waals surface area contributed by atoms with Crippen LogP contribution in [0.5, 0.6) is 0 Å². The summed E-state index contributed by atoms with van der Waals surface area (Å²) in [6.45, 7) is 11.5. The van der Waals surface area contributed by atoms with Gasteiger partial charge in [-0.1, -0.05) is 27.7 Å². The van der Waals surface area contributed by atoms with E-state index in [9.17, 15) is 4.79 Å². The molecule has 0 spiro atoms. The van der Waals surface area contributed by atoms with Crippen LogP contribution < -0.4 is 11.3 Å². The molecule has 2 aromatic heterocycles. The predicted molar refractivity (Wildman–Crippen MR) is 86.1 cm³/mol. The second-order valence-corrected chi connectivity index (χ2v) is 5.64. The molecular formula is C15H25N5O. The van der Waals surface area contributed by atoms with Crippen LogP contribution in [-0.2, 0) is 6.54 Å². The van der Waals surface area contributed by atoms with Gasteiger partial charge in [0.2, 0.25) is 5.95 Å². The number of anilines is 1. The number of aromatic amines is 2. The zero-order valence-corrected chi connectivity index (χ0v) is 13.2. The lowest BCUT2D eigenvalue weighted by Gasteiger charge is -2.14. The van der Waals surface area contributed by atoms with Crippen molar-refractivity contribution in [2.24, 2.45) is 11.8 Å². The third-order valence-electron chi connectivity index (χ3n) is 4.09. The summed E-state index contributed by atoms with van der Waals surface area (Å²) in [4.78, 5) is 23.9. The van der Waals surface area contributed by atoms with Gasteiger partial charge in [-0.25, -0.2) is 4.98 Å². The summed E-state index contributed by atoms with van der Waals surface area (Å²) in [5.41, 5.74) is 7.63. The van der Waals surface area contributed by atoms with E-state index in [0.717, 1.165) is 25.2 Å². The molecule has 6 nitrogen and oxygen atoms in total. The second kappa shape index (κ2) is 6.30. The van der Waals surface area contributed by atoms with Crippen LogP contribution in [0.4, 0.5) is 5.95 Å². The number of nitrogen functional groups attached to an aromatic ring is 1. The molecule has 116 valence electrons. The maximum atomic E-state index is 11.7. The minimum Gasteiger partial charge on any atom is -0.369 e. The first-order valence-electron chi connectivity index (χ1n) is 7.62. The van der Waals surface area contributed by atoms with Gasteiger partial charge < -0.3 is 10.7 Å². The monoisotopic (exact) mass is 291 g/mol. The summed E-state index contributed by atoms with van der Waals surface area (Å²) in [7, 11) is 0. The lowest BCUT2D eigenvalue weighted by atomic mass is 10.0. The second-order valence-electron chi connectivity index (χ2n) is 5.64. The van der Waals surface area contributed by atoms with E-state index in [1.807, 2.05) is 20.0 Å². The topological polar surface area (TPSA) is 90.8 Å². The lowest BCUT2D eigenvalue weighted by molar-refractivity contribution is 0.317. The molecule has 3 rings (SSSR count). The van der Waals surface area contributed by atoms with Crippen LogP contribution >= 0.6 is 0 Å². The molecule has 0 aliphatic carbocycles. The Bertz CT molecular complexity index is 650. The largest absolute Gasteiger partial charge is 0.369 e. The van der Waals surface area contributed by atoms with E-state index in [1.165, 1.54) is 0 Å². The quantitative estimate of drug-likeness (QED) is 0.788. The molecule has 2 aromatic rings. The number of fused-ring (bicyclic) bond motifs is 1. The first-order valence-corrected chi connectivity index (χ1v) is 7.62. The number of nitrogens with zero attached hydrogens (tertiary/aromatic N) is 2. The molecule has 1 aliphatic heterocycles. The van der Waals surface area contributed by atoms with Crippen molar-refractivity contribution in [3.05, 3.63) is 22.1 Å². The van der Waals surface area contributed by atoms with Crippen LogP contribution in [0, 0.1) is 11.8 Å². The van der Waals surface area contributed by atoms with Crippen molar-refractivity contribution in [3.63, 3.8) is 0 Å². The van der Waals surface area contributed by atoms with Gasteiger partial charge in [0.05, 0.1) is 0 Å². The molecule has 0 bridgehead atoms. The van der Waals surface area contributed by atoms with Crippen molar-refractivity contribution in [1.29, 1.82) is 0 Å². The molecule has 0 amide bonds. The number of rotatable bonds is 2. The molecule has 2 atom stereocenters. The minimum atomic E-state index is -0.211. The Morgan fingerprint density at radius 1 is 1.33 bits per heavy atom. The van der Waals surface area contributed by atoms with E-state index in [4.69, 9.17) is 5.73 Å². The Hall–Kier alpha value is -1.82. The number of hydrogen-bond acceptors (Lipinski definition) is 4. The summed E-state index contributed by atoms with van der Waals surface area (Å²) in [5.74, 6) is 1.60. The van der Waals surface area contributed by atoms with Gasteiger partial charge in [0.25, 0.3) is 5.56 Å². The van der Waals surface area contributed by atoms with Gasteiger partial charge in [0, 0.05) is 31.4 Å². The highest BCUT2D eigenvalue weighted by atomic mass is 16.1. The third kappa shape index (κ3) is 3.10. The number of likely N-dealkylation sites (tertiary alicyclic amines) is 1. The summed E-state index contributed by atoms with van der Waals surface area (Å²) in [6, 6.07) is 0. The molecule has 3 heterocycles. The van der Waals surface area contributed by atoms with Crippen molar-refractivity contribution in [2.75, 3.05) is 18.8 Å². The number of aromatic nitrogens is 3. The summed E-state index contributed by atoms with van der Waals surface area (Å²) >= 11 is 0. The smallest absolute Gasteiger partial charge is 0.276 e. The maximum absolute atomic E-state index is 11.7. The molecule has 6 heteroatoms.